The van der Waals surface area contributed by atoms with Crippen LogP contribution in [-0.4, -0.2) is 0 Å². The molecular weight excluding hydrogens is 1500 g/mol. The van der Waals surface area contributed by atoms with Gasteiger partial charge in [0.05, 0.1) is 0 Å². The van der Waals surface area contributed by atoms with E-state index in [-0.39, 0.29) is 0 Å². The molecule has 0 radical (unpaired) electrons. The standard InChI is InChI=1S/C46H28O.2C36H22S/c1-2-11-33-27-35(22-19-29(33)9-1)45-39-15-7-5-13-37(39)44(38-14-6-8-16-40(38)45)32-20-17-30(18-21-32)34-24-26-43-42(28-34)41-25-23-31-10-3-4-12-36(31)46(41)47-43;1-2-11-24(12-3-1)34-28-14-6-8-16-30(28)35(31-17-9-7-15-29(31)34)25-19-20-27-32-21-18-23-10-4-5-13-26(23)36(32)37-33(27)22-25;1-2-10-23(11-3-1)35-27-14-6-8-16-29(27)36(30-17-9-7-15-28(30)35)26-18-19-33-31(21-26)32-20-24-12-4-5-13-25(24)22-34(32)37-33/h1-28H;2*1-22H. The Bertz CT molecular complexity index is 8530. The maximum absolute atomic E-state index is 6.38. The van der Waals surface area contributed by atoms with Crippen molar-refractivity contribution in [2.75, 3.05) is 0 Å². The van der Waals surface area contributed by atoms with Gasteiger partial charge < -0.3 is 4.42 Å². The predicted octanol–water partition coefficient (Wildman–Crippen LogP) is 34.9. The van der Waals surface area contributed by atoms with Crippen LogP contribution in [0.4, 0.5) is 0 Å². The summed E-state index contributed by atoms with van der Waals surface area (Å²) >= 11 is 3.80. The number of hydrogen-bond donors (Lipinski definition) is 0. The minimum absolute atomic E-state index is 0.918. The van der Waals surface area contributed by atoms with Gasteiger partial charge in [0.15, 0.2) is 0 Å². The van der Waals surface area contributed by atoms with E-state index in [2.05, 4.69) is 437 Å². The normalized spacial score (nSPS) is 11.8. The lowest BCUT2D eigenvalue weighted by Gasteiger charge is -2.18. The Kier molecular flexibility index (Phi) is 16.8. The van der Waals surface area contributed by atoms with Gasteiger partial charge in [-0.1, -0.05) is 382 Å². The second kappa shape index (κ2) is 28.9. The van der Waals surface area contributed by atoms with Crippen molar-refractivity contribution in [2.45, 2.75) is 0 Å². The van der Waals surface area contributed by atoms with Crippen molar-refractivity contribution in [3.63, 3.8) is 0 Å². The van der Waals surface area contributed by atoms with Crippen LogP contribution in [0.1, 0.15) is 0 Å². The molecule has 562 valence electrons. The van der Waals surface area contributed by atoms with Crippen molar-refractivity contribution in [3.05, 3.63) is 437 Å². The zero-order valence-electron chi connectivity index (χ0n) is 65.8. The Morgan fingerprint density at radius 2 is 0.463 bits per heavy atom. The van der Waals surface area contributed by atoms with Crippen molar-refractivity contribution < 1.29 is 4.42 Å². The molecule has 26 aromatic rings. The van der Waals surface area contributed by atoms with Crippen molar-refractivity contribution in [1.29, 1.82) is 0 Å². The third-order valence-corrected chi connectivity index (χ3v) is 27.4. The van der Waals surface area contributed by atoms with Crippen LogP contribution in [0.3, 0.4) is 0 Å². The first-order valence-electron chi connectivity index (χ1n) is 41.6. The van der Waals surface area contributed by atoms with E-state index < -0.39 is 0 Å². The van der Waals surface area contributed by atoms with Gasteiger partial charge in [-0.15, -0.1) is 22.7 Å². The Morgan fingerprint density at radius 3 is 0.983 bits per heavy atom. The largest absolute Gasteiger partial charge is 0.455 e. The highest BCUT2D eigenvalue weighted by molar-refractivity contribution is 7.27. The second-order valence-corrected chi connectivity index (χ2v) is 34.0. The van der Waals surface area contributed by atoms with Gasteiger partial charge in [0.25, 0.3) is 0 Å². The number of rotatable bonds is 7. The Morgan fingerprint density at radius 1 is 0.140 bits per heavy atom. The lowest BCUT2D eigenvalue weighted by Crippen LogP contribution is -1.91. The molecule has 0 unspecified atom stereocenters. The topological polar surface area (TPSA) is 13.1 Å². The maximum Gasteiger partial charge on any atom is 0.143 e. The van der Waals surface area contributed by atoms with Crippen LogP contribution >= 0.6 is 22.7 Å². The molecule has 0 saturated heterocycles. The van der Waals surface area contributed by atoms with Gasteiger partial charge in [0.1, 0.15) is 11.2 Å². The molecule has 3 heteroatoms. The smallest absolute Gasteiger partial charge is 0.143 e. The molecular formula is C118H72OS2. The molecule has 0 aliphatic rings. The number of fused-ring (bicyclic) bond motifs is 21. The minimum atomic E-state index is 0.918. The predicted molar refractivity (Wildman–Crippen MR) is 525 cm³/mol. The fraction of sp³-hybridized carbons (Fsp3) is 0. The molecule has 1 nitrogen and oxygen atoms in total. The molecule has 0 atom stereocenters. The zero-order valence-corrected chi connectivity index (χ0v) is 67.4. The van der Waals surface area contributed by atoms with Crippen LogP contribution in [0.2, 0.25) is 0 Å². The van der Waals surface area contributed by atoms with Gasteiger partial charge in [0.2, 0.25) is 0 Å². The molecule has 0 N–H and O–H groups in total. The summed E-state index contributed by atoms with van der Waals surface area (Å²) in [6.45, 7) is 0. The Balaban J connectivity index is 0.000000104. The number of hydrogen-bond acceptors (Lipinski definition) is 3. The van der Waals surface area contributed by atoms with Gasteiger partial charge >= 0.3 is 0 Å². The van der Waals surface area contributed by atoms with Crippen LogP contribution < -0.4 is 0 Å². The molecule has 3 aromatic heterocycles. The highest BCUT2D eigenvalue weighted by Crippen LogP contribution is 2.51. The summed E-state index contributed by atoms with van der Waals surface area (Å²) in [6.07, 6.45) is 0. The van der Waals surface area contributed by atoms with Crippen LogP contribution in [0, 0.1) is 0 Å². The fourth-order valence-corrected chi connectivity index (χ4v) is 22.0. The van der Waals surface area contributed by atoms with Crippen molar-refractivity contribution in [3.8, 4) is 77.9 Å². The van der Waals surface area contributed by atoms with Gasteiger partial charge in [-0.05, 0) is 235 Å². The highest BCUT2D eigenvalue weighted by Gasteiger charge is 2.23. The van der Waals surface area contributed by atoms with Crippen LogP contribution in [0.15, 0.2) is 441 Å². The summed E-state index contributed by atoms with van der Waals surface area (Å²) in [7, 11) is 0. The van der Waals surface area contributed by atoms with E-state index in [1.165, 1.54) is 221 Å². The maximum atomic E-state index is 6.38. The van der Waals surface area contributed by atoms with E-state index in [4.69, 9.17) is 4.42 Å². The SMILES string of the molecule is c1ccc(-c2c3ccccc3c(-c3ccc4c(c3)sc3c5ccccc5ccc43)c3ccccc23)cc1.c1ccc(-c2c3ccccc3c(-c3ccc4sc5cc6ccccc6cc5c4c3)c3ccccc23)cc1.c1ccc2cc(-c3c4ccccc4c(-c4ccc(-c5ccc6oc7c8ccccc8ccc7c6c5)cc4)c4ccccc34)ccc2c1. The number of furan rings is 1. The lowest BCUT2D eigenvalue weighted by molar-refractivity contribution is 0.672. The lowest BCUT2D eigenvalue weighted by atomic mass is 9.85. The average molecular weight is 1570 g/mol. The molecule has 0 aliphatic carbocycles. The first-order chi connectivity index (χ1) is 60.0. The van der Waals surface area contributed by atoms with Crippen molar-refractivity contribution >= 4 is 193 Å². The summed E-state index contributed by atoms with van der Waals surface area (Å²) in [4.78, 5) is 0. The van der Waals surface area contributed by atoms with E-state index in [1.54, 1.807) is 0 Å². The monoisotopic (exact) mass is 1570 g/mol. The van der Waals surface area contributed by atoms with Gasteiger partial charge in [-0.25, -0.2) is 0 Å². The summed E-state index contributed by atoms with van der Waals surface area (Å²) < 4.78 is 11.8. The molecule has 0 aliphatic heterocycles. The third-order valence-electron chi connectivity index (χ3n) is 25.1. The molecule has 0 saturated carbocycles. The third kappa shape index (κ3) is 11.8. The fourth-order valence-electron chi connectivity index (χ4n) is 19.6. The van der Waals surface area contributed by atoms with E-state index in [0.717, 1.165) is 27.3 Å². The van der Waals surface area contributed by atoms with Crippen LogP contribution in [-0.2, 0) is 0 Å². The Labute approximate surface area is 706 Å². The molecule has 3 heterocycles. The summed E-state index contributed by atoms with van der Waals surface area (Å²) in [6, 6.07) is 159. The first-order valence-corrected chi connectivity index (χ1v) is 43.2. The molecule has 0 spiro atoms. The first kappa shape index (κ1) is 70.1. The van der Waals surface area contributed by atoms with E-state index in [0.29, 0.717) is 0 Å². The number of benzene rings is 23. The van der Waals surface area contributed by atoms with Gasteiger partial charge in [-0.3, -0.25) is 0 Å². The highest BCUT2D eigenvalue weighted by atomic mass is 32.1. The summed E-state index contributed by atoms with van der Waals surface area (Å²) in [5.41, 5.74) is 19.6. The second-order valence-electron chi connectivity index (χ2n) is 31.9. The minimum Gasteiger partial charge on any atom is -0.455 e. The molecule has 0 bridgehead atoms. The molecule has 121 heavy (non-hydrogen) atoms. The number of thiophene rings is 2. The van der Waals surface area contributed by atoms with Crippen molar-refractivity contribution in [2.24, 2.45) is 0 Å². The van der Waals surface area contributed by atoms with E-state index in [1.807, 2.05) is 22.7 Å². The van der Waals surface area contributed by atoms with Gasteiger partial charge in [-0.2, -0.15) is 0 Å². The summed E-state index contributed by atoms with van der Waals surface area (Å²) in [5, 5.41) is 33.2. The molecule has 23 aromatic carbocycles. The molecule has 26 rings (SSSR count). The quantitative estimate of drug-likeness (QED) is 0.145. The average Bonchev–Trinajstić information content (AvgIpc) is 1.17. The molecule has 0 amide bonds. The van der Waals surface area contributed by atoms with E-state index in [9.17, 15) is 0 Å². The van der Waals surface area contributed by atoms with Crippen molar-refractivity contribution in [1.82, 2.24) is 0 Å². The van der Waals surface area contributed by atoms with Crippen LogP contribution in [0.25, 0.3) is 248 Å². The Hall–Kier alpha value is -15.1. The summed E-state index contributed by atoms with van der Waals surface area (Å²) in [5.74, 6) is 0. The van der Waals surface area contributed by atoms with Crippen LogP contribution in [0.5, 0.6) is 0 Å². The van der Waals surface area contributed by atoms with Gasteiger partial charge in [0, 0.05) is 56.5 Å². The molecule has 0 fully saturated rings. The van der Waals surface area contributed by atoms with E-state index >= 15 is 0 Å². The zero-order chi connectivity index (χ0) is 79.6.